The van der Waals surface area contributed by atoms with Gasteiger partial charge in [-0.05, 0) is 72.6 Å². The van der Waals surface area contributed by atoms with Crippen LogP contribution in [-0.4, -0.2) is 16.7 Å². The lowest BCUT2D eigenvalue weighted by Crippen LogP contribution is -2.57. The smallest absolute Gasteiger partial charge is 0.130 e. The number of phenolic OH excluding ortho intramolecular Hbond substituents is 1. The zero-order valence-corrected chi connectivity index (χ0v) is 15.5. The molecule has 1 aliphatic carbocycles. The summed E-state index contributed by atoms with van der Waals surface area (Å²) in [7, 11) is 0. The first-order valence-corrected chi connectivity index (χ1v) is 9.49. The minimum Gasteiger partial charge on any atom is -0.508 e. The van der Waals surface area contributed by atoms with Crippen molar-refractivity contribution < 1.29 is 9.84 Å². The maximum Gasteiger partial charge on any atom is 0.130 e. The molecule has 134 valence electrons. The van der Waals surface area contributed by atoms with E-state index >= 15 is 0 Å². The molecule has 3 aliphatic rings. The Kier molecular flexibility index (Phi) is 3.08. The van der Waals surface area contributed by atoms with Crippen molar-refractivity contribution in [3.05, 3.63) is 59.2 Å². The Hall–Kier alpha value is -2.42. The molecule has 0 aromatic heterocycles. The quantitative estimate of drug-likeness (QED) is 0.651. The molecule has 2 heterocycles. The van der Waals surface area contributed by atoms with Crippen molar-refractivity contribution in [2.24, 2.45) is 5.92 Å². The van der Waals surface area contributed by atoms with Gasteiger partial charge in [0, 0.05) is 11.3 Å². The molecular weight excluding hydrogens is 322 g/mol. The van der Waals surface area contributed by atoms with Gasteiger partial charge in [-0.25, -0.2) is 0 Å². The molecule has 0 spiro atoms. The topological polar surface area (TPSA) is 41.5 Å². The predicted molar refractivity (Wildman–Crippen MR) is 105 cm³/mol. The molecule has 0 bridgehead atoms. The van der Waals surface area contributed by atoms with Crippen molar-refractivity contribution in [1.82, 2.24) is 0 Å². The minimum absolute atomic E-state index is 0.0108. The number of nitrogens with one attached hydrogen (secondary N) is 1. The number of rotatable bonds is 0. The van der Waals surface area contributed by atoms with Crippen LogP contribution in [-0.2, 0) is 5.41 Å². The van der Waals surface area contributed by atoms with Gasteiger partial charge in [0.25, 0.3) is 0 Å². The highest BCUT2D eigenvalue weighted by Gasteiger charge is 2.52. The summed E-state index contributed by atoms with van der Waals surface area (Å²) in [6.45, 7) is 6.85. The van der Waals surface area contributed by atoms with Crippen molar-refractivity contribution >= 4 is 11.8 Å². The fourth-order valence-electron chi connectivity index (χ4n) is 5.26. The molecule has 0 radical (unpaired) electrons. The number of aromatic hydroxyl groups is 1. The summed E-state index contributed by atoms with van der Waals surface area (Å²) in [4.78, 5) is 0. The zero-order valence-electron chi connectivity index (χ0n) is 15.5. The van der Waals surface area contributed by atoms with Gasteiger partial charge in [0.1, 0.15) is 17.1 Å². The van der Waals surface area contributed by atoms with Gasteiger partial charge < -0.3 is 15.2 Å². The van der Waals surface area contributed by atoms with E-state index in [0.717, 1.165) is 29.8 Å². The van der Waals surface area contributed by atoms with Crippen LogP contribution in [0.5, 0.6) is 11.5 Å². The van der Waals surface area contributed by atoms with Crippen LogP contribution in [0.4, 0.5) is 5.69 Å². The first-order valence-electron chi connectivity index (χ1n) is 9.49. The maximum atomic E-state index is 10.00. The Morgan fingerprint density at radius 3 is 2.77 bits per heavy atom. The minimum atomic E-state index is -0.257. The van der Waals surface area contributed by atoms with E-state index in [2.05, 4.69) is 50.4 Å². The summed E-state index contributed by atoms with van der Waals surface area (Å²) >= 11 is 0. The molecule has 2 aromatic carbocycles. The number of ether oxygens (including phenoxy) is 1. The van der Waals surface area contributed by atoms with E-state index in [1.165, 1.54) is 11.1 Å². The molecule has 3 heteroatoms. The average molecular weight is 347 g/mol. The molecule has 0 amide bonds. The van der Waals surface area contributed by atoms with E-state index < -0.39 is 0 Å². The van der Waals surface area contributed by atoms with Gasteiger partial charge in [0.15, 0.2) is 0 Å². The lowest BCUT2D eigenvalue weighted by molar-refractivity contribution is 0.0603. The fraction of sp³-hybridized carbons (Fsp3) is 0.391. The predicted octanol–water partition coefficient (Wildman–Crippen LogP) is 5.11. The average Bonchev–Trinajstić information content (AvgIpc) is 2.60. The summed E-state index contributed by atoms with van der Waals surface area (Å²) in [6.07, 6.45) is 4.44. The summed E-state index contributed by atoms with van der Waals surface area (Å²) in [5.74, 6) is 1.79. The fourth-order valence-corrected chi connectivity index (χ4v) is 5.26. The maximum absolute atomic E-state index is 10.00. The Morgan fingerprint density at radius 2 is 1.92 bits per heavy atom. The second kappa shape index (κ2) is 5.06. The molecule has 1 fully saturated rings. The second-order valence-corrected chi connectivity index (χ2v) is 8.69. The van der Waals surface area contributed by atoms with Crippen LogP contribution in [0, 0.1) is 5.92 Å². The Balaban J connectivity index is 1.66. The third-order valence-corrected chi connectivity index (χ3v) is 6.78. The van der Waals surface area contributed by atoms with Gasteiger partial charge in [-0.1, -0.05) is 32.0 Å². The molecule has 2 aliphatic heterocycles. The third-order valence-electron chi connectivity index (χ3n) is 6.78. The molecule has 3 atom stereocenters. The zero-order chi connectivity index (χ0) is 18.1. The molecule has 1 unspecified atom stereocenters. The van der Waals surface area contributed by atoms with Crippen LogP contribution in [0.3, 0.4) is 0 Å². The third kappa shape index (κ3) is 2.06. The molecule has 2 N–H and O–H groups in total. The Bertz CT molecular complexity index is 930. The van der Waals surface area contributed by atoms with Gasteiger partial charge >= 0.3 is 0 Å². The molecule has 5 rings (SSSR count). The van der Waals surface area contributed by atoms with E-state index in [0.29, 0.717) is 11.7 Å². The lowest BCUT2D eigenvalue weighted by atomic mass is 9.58. The SMILES string of the molecule is CC12CC[C@H]3[C@@H](Nc4ccc(O)cc4C3(C)C)C1=Cc1ccccc1O2. The summed E-state index contributed by atoms with van der Waals surface area (Å²) in [5, 5.41) is 13.8. The highest BCUT2D eigenvalue weighted by molar-refractivity contribution is 5.70. The number of benzene rings is 2. The van der Waals surface area contributed by atoms with Crippen LogP contribution in [0.25, 0.3) is 6.08 Å². The van der Waals surface area contributed by atoms with Crippen molar-refractivity contribution in [3.63, 3.8) is 0 Å². The van der Waals surface area contributed by atoms with Crippen molar-refractivity contribution in [1.29, 1.82) is 0 Å². The van der Waals surface area contributed by atoms with Crippen LogP contribution in [0.15, 0.2) is 48.0 Å². The highest BCUT2D eigenvalue weighted by Crippen LogP contribution is 2.54. The van der Waals surface area contributed by atoms with Crippen LogP contribution < -0.4 is 10.1 Å². The van der Waals surface area contributed by atoms with Crippen molar-refractivity contribution in [2.75, 3.05) is 5.32 Å². The van der Waals surface area contributed by atoms with E-state index in [4.69, 9.17) is 4.74 Å². The second-order valence-electron chi connectivity index (χ2n) is 8.69. The van der Waals surface area contributed by atoms with Gasteiger partial charge in [0.2, 0.25) is 0 Å². The molecule has 2 aromatic rings. The number of hydrogen-bond donors (Lipinski definition) is 2. The van der Waals surface area contributed by atoms with E-state index in [1.807, 2.05) is 18.2 Å². The van der Waals surface area contributed by atoms with Gasteiger partial charge in [-0.3, -0.25) is 0 Å². The molecule has 26 heavy (non-hydrogen) atoms. The van der Waals surface area contributed by atoms with Gasteiger partial charge in [-0.15, -0.1) is 0 Å². The Morgan fingerprint density at radius 1 is 1.12 bits per heavy atom. The van der Waals surface area contributed by atoms with Gasteiger partial charge in [0.05, 0.1) is 6.04 Å². The number of anilines is 1. The number of fused-ring (bicyclic) bond motifs is 5. The first-order chi connectivity index (χ1) is 12.4. The first kappa shape index (κ1) is 15.8. The monoisotopic (exact) mass is 347 g/mol. The van der Waals surface area contributed by atoms with E-state index in [-0.39, 0.29) is 17.1 Å². The molecular formula is C23H25NO2. The molecule has 1 saturated carbocycles. The van der Waals surface area contributed by atoms with Crippen LogP contribution in [0.2, 0.25) is 0 Å². The lowest BCUT2D eigenvalue weighted by Gasteiger charge is -2.54. The summed E-state index contributed by atoms with van der Waals surface area (Å²) in [6, 6.07) is 14.2. The van der Waals surface area contributed by atoms with Crippen LogP contribution >= 0.6 is 0 Å². The number of hydrogen-bond acceptors (Lipinski definition) is 3. The summed E-state index contributed by atoms with van der Waals surface area (Å²) < 4.78 is 6.50. The normalized spacial score (nSPS) is 30.5. The van der Waals surface area contributed by atoms with E-state index in [1.54, 1.807) is 6.07 Å². The van der Waals surface area contributed by atoms with Crippen LogP contribution in [0.1, 0.15) is 44.7 Å². The molecule has 3 nitrogen and oxygen atoms in total. The number of para-hydroxylation sites is 1. The highest BCUT2D eigenvalue weighted by atomic mass is 16.5. The van der Waals surface area contributed by atoms with Gasteiger partial charge in [-0.2, -0.15) is 0 Å². The van der Waals surface area contributed by atoms with E-state index in [9.17, 15) is 5.11 Å². The molecule has 0 saturated heterocycles. The summed E-state index contributed by atoms with van der Waals surface area (Å²) in [5.41, 5.74) is 4.57. The Labute approximate surface area is 154 Å². The number of phenols is 1. The van der Waals surface area contributed by atoms with Crippen molar-refractivity contribution in [2.45, 2.75) is 50.7 Å². The van der Waals surface area contributed by atoms with Crippen molar-refractivity contribution in [3.8, 4) is 11.5 Å². The standard InChI is InChI=1S/C23H25NO2/c1-22(2)16-10-11-23(3)18(12-14-6-4-5-7-20(14)26-23)21(16)24-19-9-8-15(25)13-17(19)22/h4-9,12-13,16,21,24-25H,10-11H2,1-3H3/t16-,21+,23?/m0/s1. The largest absolute Gasteiger partial charge is 0.508 e.